The molecule has 0 unspecified atom stereocenters. The summed E-state index contributed by atoms with van der Waals surface area (Å²) in [5, 5.41) is 10.1. The van der Waals surface area contributed by atoms with Crippen LogP contribution in [0.2, 0.25) is 0 Å². The van der Waals surface area contributed by atoms with Crippen LogP contribution in [0.15, 0.2) is 66.9 Å². The monoisotopic (exact) mass is 425 g/mol. The molecule has 32 heavy (non-hydrogen) atoms. The number of amides is 1. The maximum absolute atomic E-state index is 13.0. The first kappa shape index (κ1) is 20.2. The van der Waals surface area contributed by atoms with Gasteiger partial charge in [0.15, 0.2) is 5.82 Å². The van der Waals surface area contributed by atoms with E-state index in [9.17, 15) is 4.79 Å². The van der Waals surface area contributed by atoms with E-state index in [1.807, 2.05) is 48.3 Å². The summed E-state index contributed by atoms with van der Waals surface area (Å²) in [6.07, 6.45) is 2.51. The predicted octanol–water partition coefficient (Wildman–Crippen LogP) is 3.84. The fourth-order valence-electron chi connectivity index (χ4n) is 4.52. The van der Waals surface area contributed by atoms with Crippen LogP contribution in [0, 0.1) is 6.92 Å². The van der Waals surface area contributed by atoms with Crippen LogP contribution in [0.3, 0.4) is 0 Å². The number of hydrogen-bond donors (Lipinski definition) is 0. The van der Waals surface area contributed by atoms with Gasteiger partial charge in [-0.05, 0) is 36.2 Å². The lowest BCUT2D eigenvalue weighted by Crippen LogP contribution is -2.49. The largest absolute Gasteiger partial charge is 0.352 e. The summed E-state index contributed by atoms with van der Waals surface area (Å²) in [4.78, 5) is 17.1. The molecule has 6 heteroatoms. The van der Waals surface area contributed by atoms with Gasteiger partial charge in [0, 0.05) is 55.9 Å². The Morgan fingerprint density at radius 3 is 2.41 bits per heavy atom. The van der Waals surface area contributed by atoms with Crippen molar-refractivity contribution in [3.05, 3.63) is 78.0 Å². The number of para-hydroxylation sites is 1. The average molecular weight is 426 g/mol. The lowest BCUT2D eigenvalue weighted by molar-refractivity contribution is -0.130. The average Bonchev–Trinajstić information content (AvgIpc) is 3.15. The van der Waals surface area contributed by atoms with E-state index in [1.165, 1.54) is 5.56 Å². The van der Waals surface area contributed by atoms with Crippen molar-refractivity contribution >= 4 is 22.6 Å². The van der Waals surface area contributed by atoms with Gasteiger partial charge in [0.2, 0.25) is 5.91 Å². The molecule has 0 radical (unpaired) electrons. The molecule has 2 aromatic carbocycles. The molecule has 1 saturated heterocycles. The van der Waals surface area contributed by atoms with Crippen LogP contribution in [-0.2, 0) is 18.3 Å². The first-order valence-corrected chi connectivity index (χ1v) is 11.1. The fourth-order valence-corrected chi connectivity index (χ4v) is 4.52. The SMILES string of the molecule is Cc1ccccc1-c1ccc(N2CCN(C(=O)Cc3cn(C)c4ccccc34)CC2)nn1. The van der Waals surface area contributed by atoms with Gasteiger partial charge in [0.25, 0.3) is 0 Å². The molecule has 6 nitrogen and oxygen atoms in total. The van der Waals surface area contributed by atoms with Crippen LogP contribution < -0.4 is 4.90 Å². The van der Waals surface area contributed by atoms with Crippen LogP contribution >= 0.6 is 0 Å². The van der Waals surface area contributed by atoms with Gasteiger partial charge >= 0.3 is 0 Å². The summed E-state index contributed by atoms with van der Waals surface area (Å²) < 4.78 is 2.09. The molecule has 1 aliphatic rings. The highest BCUT2D eigenvalue weighted by Gasteiger charge is 2.23. The van der Waals surface area contributed by atoms with Crippen LogP contribution in [-0.4, -0.2) is 51.8 Å². The van der Waals surface area contributed by atoms with Crippen molar-refractivity contribution in [3.63, 3.8) is 0 Å². The molecule has 1 aliphatic heterocycles. The van der Waals surface area contributed by atoms with Crippen molar-refractivity contribution in [1.82, 2.24) is 19.7 Å². The number of aromatic nitrogens is 3. The predicted molar refractivity (Wildman–Crippen MR) is 128 cm³/mol. The van der Waals surface area contributed by atoms with E-state index in [4.69, 9.17) is 0 Å². The number of rotatable bonds is 4. The molecule has 162 valence electrons. The highest BCUT2D eigenvalue weighted by molar-refractivity contribution is 5.89. The molecule has 0 bridgehead atoms. The third-order valence-electron chi connectivity index (χ3n) is 6.35. The van der Waals surface area contributed by atoms with Gasteiger partial charge in [-0.25, -0.2) is 0 Å². The van der Waals surface area contributed by atoms with Gasteiger partial charge in [-0.15, -0.1) is 10.2 Å². The number of carbonyl (C=O) groups is 1. The molecule has 2 aromatic heterocycles. The van der Waals surface area contributed by atoms with Crippen molar-refractivity contribution in [2.75, 3.05) is 31.1 Å². The minimum atomic E-state index is 0.182. The van der Waals surface area contributed by atoms with Crippen molar-refractivity contribution < 1.29 is 4.79 Å². The highest BCUT2D eigenvalue weighted by atomic mass is 16.2. The van der Waals surface area contributed by atoms with Crippen molar-refractivity contribution in [2.45, 2.75) is 13.3 Å². The minimum Gasteiger partial charge on any atom is -0.352 e. The van der Waals surface area contributed by atoms with E-state index in [-0.39, 0.29) is 5.91 Å². The molecule has 0 saturated carbocycles. The van der Waals surface area contributed by atoms with E-state index in [0.29, 0.717) is 19.5 Å². The Labute approximate surface area is 188 Å². The lowest BCUT2D eigenvalue weighted by Gasteiger charge is -2.35. The van der Waals surface area contributed by atoms with Gasteiger partial charge in [-0.3, -0.25) is 4.79 Å². The Balaban J connectivity index is 1.22. The summed E-state index contributed by atoms with van der Waals surface area (Å²) in [6.45, 7) is 5.01. The first-order chi connectivity index (χ1) is 15.6. The second-order valence-corrected chi connectivity index (χ2v) is 8.42. The Hall–Kier alpha value is -3.67. The molecular formula is C26H27N5O. The molecule has 1 fully saturated rings. The molecule has 4 aromatic rings. The summed E-state index contributed by atoms with van der Waals surface area (Å²) in [5.74, 6) is 1.05. The first-order valence-electron chi connectivity index (χ1n) is 11.1. The Kier molecular flexibility index (Phi) is 5.35. The zero-order valence-corrected chi connectivity index (χ0v) is 18.5. The van der Waals surface area contributed by atoms with Crippen molar-refractivity contribution in [2.24, 2.45) is 7.05 Å². The molecule has 0 atom stereocenters. The van der Waals surface area contributed by atoms with Gasteiger partial charge in [0.1, 0.15) is 0 Å². The third kappa shape index (κ3) is 3.84. The number of carbonyl (C=O) groups excluding carboxylic acids is 1. The molecular weight excluding hydrogens is 398 g/mol. The third-order valence-corrected chi connectivity index (χ3v) is 6.35. The normalized spacial score (nSPS) is 14.2. The van der Waals surface area contributed by atoms with Crippen LogP contribution in [0.25, 0.3) is 22.2 Å². The second kappa shape index (κ2) is 8.46. The maximum atomic E-state index is 13.0. The van der Waals surface area contributed by atoms with Gasteiger partial charge in [-0.1, -0.05) is 42.5 Å². The van der Waals surface area contributed by atoms with Crippen molar-refractivity contribution in [3.8, 4) is 11.3 Å². The number of anilines is 1. The van der Waals surface area contributed by atoms with E-state index in [1.54, 1.807) is 0 Å². The number of fused-ring (bicyclic) bond motifs is 1. The Bertz CT molecular complexity index is 1250. The van der Waals surface area contributed by atoms with E-state index < -0.39 is 0 Å². The lowest BCUT2D eigenvalue weighted by atomic mass is 10.1. The fraction of sp³-hybridized carbons (Fsp3) is 0.269. The van der Waals surface area contributed by atoms with E-state index in [2.05, 4.69) is 57.1 Å². The molecule has 0 N–H and O–H groups in total. The van der Waals surface area contributed by atoms with Crippen molar-refractivity contribution in [1.29, 1.82) is 0 Å². The number of hydrogen-bond acceptors (Lipinski definition) is 4. The smallest absolute Gasteiger partial charge is 0.227 e. The Morgan fingerprint density at radius 1 is 0.906 bits per heavy atom. The van der Waals surface area contributed by atoms with Gasteiger partial charge < -0.3 is 14.4 Å². The molecule has 5 rings (SSSR count). The van der Waals surface area contributed by atoms with Crippen LogP contribution in [0.1, 0.15) is 11.1 Å². The maximum Gasteiger partial charge on any atom is 0.227 e. The second-order valence-electron chi connectivity index (χ2n) is 8.42. The van der Waals surface area contributed by atoms with Gasteiger partial charge in [-0.2, -0.15) is 0 Å². The molecule has 0 spiro atoms. The van der Waals surface area contributed by atoms with Crippen LogP contribution in [0.5, 0.6) is 0 Å². The minimum absolute atomic E-state index is 0.182. The van der Waals surface area contributed by atoms with Crippen LogP contribution in [0.4, 0.5) is 5.82 Å². The quantitative estimate of drug-likeness (QED) is 0.499. The zero-order chi connectivity index (χ0) is 22.1. The number of aryl methyl sites for hydroxylation is 2. The molecule has 3 heterocycles. The summed E-state index contributed by atoms with van der Waals surface area (Å²) in [7, 11) is 2.03. The molecule has 0 aliphatic carbocycles. The van der Waals surface area contributed by atoms with E-state index >= 15 is 0 Å². The summed E-state index contributed by atoms with van der Waals surface area (Å²) >= 11 is 0. The topological polar surface area (TPSA) is 54.3 Å². The standard InChI is InChI=1S/C26H27N5O/c1-19-7-3-4-8-21(19)23-11-12-25(28-27-23)30-13-15-31(16-14-30)26(32)17-20-18-29(2)24-10-6-5-9-22(20)24/h3-12,18H,13-17H2,1-2H3. The zero-order valence-electron chi connectivity index (χ0n) is 18.5. The van der Waals surface area contributed by atoms with E-state index in [0.717, 1.165) is 46.6 Å². The Morgan fingerprint density at radius 2 is 1.66 bits per heavy atom. The highest BCUT2D eigenvalue weighted by Crippen LogP contribution is 2.23. The summed E-state index contributed by atoms with van der Waals surface area (Å²) in [5.41, 5.74) is 5.43. The summed E-state index contributed by atoms with van der Waals surface area (Å²) in [6, 6.07) is 20.5. The number of benzene rings is 2. The molecule has 1 amide bonds. The number of nitrogens with zero attached hydrogens (tertiary/aromatic N) is 5. The van der Waals surface area contributed by atoms with Gasteiger partial charge in [0.05, 0.1) is 12.1 Å². The number of piperazine rings is 1.